The van der Waals surface area contributed by atoms with E-state index in [1.807, 2.05) is 31.2 Å². The number of hydrogen-bond acceptors (Lipinski definition) is 2. The third-order valence-electron chi connectivity index (χ3n) is 4.19. The molecule has 0 aliphatic carbocycles. The molecule has 132 valence electrons. The number of aliphatic carboxylic acids is 1. The summed E-state index contributed by atoms with van der Waals surface area (Å²) in [5.41, 5.74) is 2.16. The van der Waals surface area contributed by atoms with E-state index in [0.717, 1.165) is 11.1 Å². The van der Waals surface area contributed by atoms with Gasteiger partial charge in [-0.1, -0.05) is 49.4 Å². The van der Waals surface area contributed by atoms with Gasteiger partial charge in [-0.25, -0.2) is 4.39 Å². The predicted molar refractivity (Wildman–Crippen MR) is 93.6 cm³/mol. The fourth-order valence-corrected chi connectivity index (χ4v) is 2.79. The monoisotopic (exact) mass is 343 g/mol. The SMILES string of the molecule is Cc1ccccc1C(CC(=O)O)NC(=O)C(C)Cc1ccccc1F. The number of benzene rings is 2. The van der Waals surface area contributed by atoms with Gasteiger partial charge in [0.25, 0.3) is 0 Å². The van der Waals surface area contributed by atoms with Crippen LogP contribution in [0.1, 0.15) is 36.1 Å². The third-order valence-corrected chi connectivity index (χ3v) is 4.19. The molecular formula is C20H22FNO3. The van der Waals surface area contributed by atoms with Crippen molar-refractivity contribution in [1.29, 1.82) is 0 Å². The zero-order valence-electron chi connectivity index (χ0n) is 14.3. The quantitative estimate of drug-likeness (QED) is 0.806. The lowest BCUT2D eigenvalue weighted by atomic mass is 9.96. The summed E-state index contributed by atoms with van der Waals surface area (Å²) in [6.45, 7) is 3.58. The summed E-state index contributed by atoms with van der Waals surface area (Å²) >= 11 is 0. The van der Waals surface area contributed by atoms with E-state index in [2.05, 4.69) is 5.32 Å². The molecule has 0 heterocycles. The summed E-state index contributed by atoms with van der Waals surface area (Å²) in [7, 11) is 0. The van der Waals surface area contributed by atoms with Gasteiger partial charge < -0.3 is 10.4 Å². The summed E-state index contributed by atoms with van der Waals surface area (Å²) < 4.78 is 13.8. The van der Waals surface area contributed by atoms with Crippen molar-refractivity contribution in [3.8, 4) is 0 Å². The van der Waals surface area contributed by atoms with E-state index in [9.17, 15) is 14.0 Å². The molecular weight excluding hydrogens is 321 g/mol. The Labute approximate surface area is 146 Å². The molecule has 0 saturated heterocycles. The van der Waals surface area contributed by atoms with Crippen LogP contribution in [0.3, 0.4) is 0 Å². The summed E-state index contributed by atoms with van der Waals surface area (Å²) in [6.07, 6.45) is 0.0507. The van der Waals surface area contributed by atoms with Crippen LogP contribution in [0.15, 0.2) is 48.5 Å². The van der Waals surface area contributed by atoms with Gasteiger partial charge in [-0.2, -0.15) is 0 Å². The minimum absolute atomic E-state index is 0.205. The number of carboxylic acid groups (broad SMARTS) is 1. The highest BCUT2D eigenvalue weighted by Crippen LogP contribution is 2.22. The number of nitrogens with one attached hydrogen (secondary N) is 1. The fourth-order valence-electron chi connectivity index (χ4n) is 2.79. The van der Waals surface area contributed by atoms with E-state index < -0.39 is 17.9 Å². The average Bonchev–Trinajstić information content (AvgIpc) is 2.56. The van der Waals surface area contributed by atoms with Gasteiger partial charge in [0.1, 0.15) is 5.82 Å². The van der Waals surface area contributed by atoms with E-state index in [1.165, 1.54) is 6.07 Å². The maximum Gasteiger partial charge on any atom is 0.305 e. The van der Waals surface area contributed by atoms with Gasteiger partial charge in [0, 0.05) is 5.92 Å². The van der Waals surface area contributed by atoms with Crippen molar-refractivity contribution in [2.24, 2.45) is 5.92 Å². The van der Waals surface area contributed by atoms with Gasteiger partial charge in [-0.3, -0.25) is 9.59 Å². The number of rotatable bonds is 7. The summed E-state index contributed by atoms with van der Waals surface area (Å²) in [5, 5.41) is 12.0. The Balaban J connectivity index is 2.12. The maximum absolute atomic E-state index is 13.8. The van der Waals surface area contributed by atoms with Crippen molar-refractivity contribution in [2.75, 3.05) is 0 Å². The van der Waals surface area contributed by atoms with Crippen LogP contribution in [0.5, 0.6) is 0 Å². The van der Waals surface area contributed by atoms with E-state index >= 15 is 0 Å². The number of aryl methyl sites for hydroxylation is 1. The second-order valence-corrected chi connectivity index (χ2v) is 6.21. The molecule has 2 unspecified atom stereocenters. The van der Waals surface area contributed by atoms with Crippen LogP contribution in [0.4, 0.5) is 4.39 Å². The molecule has 2 N–H and O–H groups in total. The molecule has 2 aromatic rings. The van der Waals surface area contributed by atoms with Crippen LogP contribution >= 0.6 is 0 Å². The van der Waals surface area contributed by atoms with Gasteiger partial charge >= 0.3 is 5.97 Å². The zero-order valence-corrected chi connectivity index (χ0v) is 14.3. The second-order valence-electron chi connectivity index (χ2n) is 6.21. The Hall–Kier alpha value is -2.69. The van der Waals surface area contributed by atoms with E-state index in [0.29, 0.717) is 5.56 Å². The molecule has 0 aromatic heterocycles. The minimum atomic E-state index is -0.990. The highest BCUT2D eigenvalue weighted by atomic mass is 19.1. The first kappa shape index (κ1) is 18.6. The molecule has 0 aliphatic rings. The fraction of sp³-hybridized carbons (Fsp3) is 0.300. The van der Waals surface area contributed by atoms with Gasteiger partial charge in [0.15, 0.2) is 0 Å². The highest BCUT2D eigenvalue weighted by Gasteiger charge is 2.23. The largest absolute Gasteiger partial charge is 0.481 e. The lowest BCUT2D eigenvalue weighted by Crippen LogP contribution is -2.35. The number of halogens is 1. The van der Waals surface area contributed by atoms with Crippen molar-refractivity contribution < 1.29 is 19.1 Å². The van der Waals surface area contributed by atoms with Crippen molar-refractivity contribution in [2.45, 2.75) is 32.7 Å². The number of hydrogen-bond donors (Lipinski definition) is 2. The van der Waals surface area contributed by atoms with Crippen molar-refractivity contribution in [3.63, 3.8) is 0 Å². The number of carbonyl (C=O) groups is 2. The molecule has 4 nitrogen and oxygen atoms in total. The lowest BCUT2D eigenvalue weighted by Gasteiger charge is -2.22. The summed E-state index contributed by atoms with van der Waals surface area (Å²) in [4.78, 5) is 23.7. The first-order valence-corrected chi connectivity index (χ1v) is 8.19. The van der Waals surface area contributed by atoms with Crippen molar-refractivity contribution in [3.05, 3.63) is 71.0 Å². The Bertz CT molecular complexity index is 760. The zero-order chi connectivity index (χ0) is 18.4. The molecule has 25 heavy (non-hydrogen) atoms. The van der Waals surface area contributed by atoms with Crippen LogP contribution in [0.2, 0.25) is 0 Å². The molecule has 2 rings (SSSR count). The Morgan fingerprint density at radius 2 is 1.76 bits per heavy atom. The second kappa shape index (κ2) is 8.42. The predicted octanol–water partition coefficient (Wildman–Crippen LogP) is 3.64. The first-order chi connectivity index (χ1) is 11.9. The molecule has 0 aliphatic heterocycles. The lowest BCUT2D eigenvalue weighted by molar-refractivity contribution is -0.137. The van der Waals surface area contributed by atoms with Crippen LogP contribution < -0.4 is 5.32 Å². The van der Waals surface area contributed by atoms with Crippen molar-refractivity contribution >= 4 is 11.9 Å². The smallest absolute Gasteiger partial charge is 0.305 e. The van der Waals surface area contributed by atoms with E-state index in [-0.39, 0.29) is 24.6 Å². The van der Waals surface area contributed by atoms with Crippen LogP contribution in [0.25, 0.3) is 0 Å². The molecule has 5 heteroatoms. The van der Waals surface area contributed by atoms with Gasteiger partial charge in [0.2, 0.25) is 5.91 Å². The minimum Gasteiger partial charge on any atom is -0.481 e. The molecule has 0 bridgehead atoms. The molecule has 0 saturated carbocycles. The highest BCUT2D eigenvalue weighted by molar-refractivity contribution is 5.80. The normalized spacial score (nSPS) is 13.1. The number of amides is 1. The third kappa shape index (κ3) is 5.14. The molecule has 2 atom stereocenters. The Morgan fingerprint density at radius 3 is 2.40 bits per heavy atom. The Kier molecular flexibility index (Phi) is 6.28. The molecule has 2 aromatic carbocycles. The summed E-state index contributed by atoms with van der Waals surface area (Å²) in [5.74, 6) is -2.10. The number of carbonyl (C=O) groups excluding carboxylic acids is 1. The standard InChI is InChI=1S/C20H22FNO3/c1-13-7-3-5-9-16(13)18(12-19(23)24)22-20(25)14(2)11-15-8-4-6-10-17(15)21/h3-10,14,18H,11-12H2,1-2H3,(H,22,25)(H,23,24). The molecule has 0 spiro atoms. The molecule has 1 amide bonds. The topological polar surface area (TPSA) is 66.4 Å². The van der Waals surface area contributed by atoms with Crippen LogP contribution in [-0.2, 0) is 16.0 Å². The molecule has 0 fully saturated rings. The molecule has 0 radical (unpaired) electrons. The maximum atomic E-state index is 13.8. The van der Waals surface area contributed by atoms with Crippen LogP contribution in [-0.4, -0.2) is 17.0 Å². The van der Waals surface area contributed by atoms with Crippen molar-refractivity contribution in [1.82, 2.24) is 5.32 Å². The summed E-state index contributed by atoms with van der Waals surface area (Å²) in [6, 6.07) is 13.1. The number of carboxylic acids is 1. The average molecular weight is 343 g/mol. The van der Waals surface area contributed by atoms with Gasteiger partial charge in [-0.05, 0) is 36.1 Å². The first-order valence-electron chi connectivity index (χ1n) is 8.19. The van der Waals surface area contributed by atoms with Crippen LogP contribution in [0, 0.1) is 18.7 Å². The van der Waals surface area contributed by atoms with Gasteiger partial charge in [-0.15, -0.1) is 0 Å². The van der Waals surface area contributed by atoms with Gasteiger partial charge in [0.05, 0.1) is 12.5 Å². The van der Waals surface area contributed by atoms with E-state index in [4.69, 9.17) is 5.11 Å². The van der Waals surface area contributed by atoms with E-state index in [1.54, 1.807) is 25.1 Å². The Morgan fingerprint density at radius 1 is 1.12 bits per heavy atom.